The maximum Gasteiger partial charge on any atom is 0.242 e. The van der Waals surface area contributed by atoms with Gasteiger partial charge in [0, 0.05) is 18.7 Å². The highest BCUT2D eigenvalue weighted by atomic mass is 32.2. The number of aliphatic imine (C=N–C) groups is 1. The van der Waals surface area contributed by atoms with Gasteiger partial charge in [0.15, 0.2) is 5.17 Å². The highest BCUT2D eigenvalue weighted by Crippen LogP contribution is 2.32. The van der Waals surface area contributed by atoms with Gasteiger partial charge < -0.3 is 5.32 Å². The lowest BCUT2D eigenvalue weighted by Gasteiger charge is -2.16. The Morgan fingerprint density at radius 3 is 2.40 bits per heavy atom. The summed E-state index contributed by atoms with van der Waals surface area (Å²) in [4.78, 5) is 32.2. The molecule has 1 fully saturated rings. The predicted molar refractivity (Wildman–Crippen MR) is 125 cm³/mol. The molecule has 1 atom stereocenters. The van der Waals surface area contributed by atoms with E-state index in [1.54, 1.807) is 4.90 Å². The lowest BCUT2D eigenvalue weighted by Crippen LogP contribution is -2.34. The molecule has 1 saturated heterocycles. The number of hydrogen-bond donors (Lipinski definition) is 1. The summed E-state index contributed by atoms with van der Waals surface area (Å²) in [6, 6.07) is 13.8. The van der Waals surface area contributed by atoms with Crippen molar-refractivity contribution < 1.29 is 9.59 Å². The minimum absolute atomic E-state index is 0.0315. The number of hydrogen-bond acceptors (Lipinski definition) is 4. The van der Waals surface area contributed by atoms with Crippen LogP contribution in [0.1, 0.15) is 42.9 Å². The molecule has 2 amide bonds. The molecule has 1 heterocycles. The first kappa shape index (κ1) is 22.1. The summed E-state index contributed by atoms with van der Waals surface area (Å²) in [5, 5.41) is 3.23. The maximum absolute atomic E-state index is 13.0. The summed E-state index contributed by atoms with van der Waals surface area (Å²) < 4.78 is 0. The number of aryl methyl sites for hydroxylation is 3. The highest BCUT2D eigenvalue weighted by Gasteiger charge is 2.38. The third kappa shape index (κ3) is 5.30. The number of carbonyl (C=O) groups is 2. The Balaban J connectivity index is 1.75. The fraction of sp³-hybridized carbons (Fsp3) is 0.375. The SMILES string of the molecule is CCCCN1C(=O)[C@@H](CC(=O)Nc2c(C)cccc2C)SC1=Nc1ccc(C)cc1. The Morgan fingerprint density at radius 2 is 1.77 bits per heavy atom. The van der Waals surface area contributed by atoms with Gasteiger partial charge in [-0.3, -0.25) is 14.5 Å². The van der Waals surface area contributed by atoms with Crippen LogP contribution in [0.25, 0.3) is 0 Å². The Labute approximate surface area is 183 Å². The third-order valence-corrected chi connectivity index (χ3v) is 6.31. The molecule has 0 bridgehead atoms. The van der Waals surface area contributed by atoms with Gasteiger partial charge in [-0.2, -0.15) is 0 Å². The van der Waals surface area contributed by atoms with Crippen molar-refractivity contribution in [1.29, 1.82) is 0 Å². The molecule has 1 aliphatic rings. The minimum atomic E-state index is -0.449. The number of amidine groups is 1. The van der Waals surface area contributed by atoms with Crippen molar-refractivity contribution in [3.05, 3.63) is 59.2 Å². The first-order valence-corrected chi connectivity index (χ1v) is 11.3. The summed E-state index contributed by atoms with van der Waals surface area (Å²) in [6.45, 7) is 8.69. The molecule has 2 aromatic carbocycles. The number of carbonyl (C=O) groups excluding carboxylic acids is 2. The second-order valence-corrected chi connectivity index (χ2v) is 8.87. The fourth-order valence-corrected chi connectivity index (χ4v) is 4.53. The van der Waals surface area contributed by atoms with Gasteiger partial charge in [-0.25, -0.2) is 4.99 Å². The zero-order valence-corrected chi connectivity index (χ0v) is 18.9. The highest BCUT2D eigenvalue weighted by molar-refractivity contribution is 8.15. The molecule has 0 unspecified atom stereocenters. The third-order valence-electron chi connectivity index (χ3n) is 5.13. The van der Waals surface area contributed by atoms with E-state index in [0.717, 1.165) is 40.9 Å². The van der Waals surface area contributed by atoms with Crippen LogP contribution in [0, 0.1) is 20.8 Å². The summed E-state index contributed by atoms with van der Waals surface area (Å²) in [5.41, 5.74) is 4.84. The number of rotatable bonds is 7. The predicted octanol–water partition coefficient (Wildman–Crippen LogP) is 5.37. The van der Waals surface area contributed by atoms with E-state index in [1.165, 1.54) is 11.8 Å². The number of amides is 2. The van der Waals surface area contributed by atoms with Crippen LogP contribution in [0.15, 0.2) is 47.5 Å². The van der Waals surface area contributed by atoms with Gasteiger partial charge in [0.2, 0.25) is 11.8 Å². The molecule has 3 rings (SSSR count). The van der Waals surface area contributed by atoms with E-state index in [9.17, 15) is 9.59 Å². The maximum atomic E-state index is 13.0. The summed E-state index contributed by atoms with van der Waals surface area (Å²) in [6.07, 6.45) is 2.03. The van der Waals surface area contributed by atoms with Crippen LogP contribution in [0.2, 0.25) is 0 Å². The molecule has 158 valence electrons. The smallest absolute Gasteiger partial charge is 0.242 e. The Hall–Kier alpha value is -2.60. The van der Waals surface area contributed by atoms with Crippen LogP contribution in [0.5, 0.6) is 0 Å². The number of nitrogens with one attached hydrogen (secondary N) is 1. The normalized spacial score (nSPS) is 17.6. The largest absolute Gasteiger partial charge is 0.326 e. The molecule has 30 heavy (non-hydrogen) atoms. The number of anilines is 1. The quantitative estimate of drug-likeness (QED) is 0.651. The van der Waals surface area contributed by atoms with Crippen molar-refractivity contribution in [1.82, 2.24) is 4.90 Å². The lowest BCUT2D eigenvalue weighted by molar-refractivity contribution is -0.128. The number of para-hydroxylation sites is 1. The van der Waals surface area contributed by atoms with Gasteiger partial charge in [0.25, 0.3) is 0 Å². The van der Waals surface area contributed by atoms with E-state index >= 15 is 0 Å². The molecule has 5 nitrogen and oxygen atoms in total. The van der Waals surface area contributed by atoms with Gasteiger partial charge in [-0.05, 0) is 50.5 Å². The van der Waals surface area contributed by atoms with Crippen LogP contribution >= 0.6 is 11.8 Å². The van der Waals surface area contributed by atoms with Gasteiger partial charge in [0.1, 0.15) is 5.25 Å². The Bertz CT molecular complexity index is 933. The standard InChI is InChI=1S/C24H29N3O2S/c1-5-6-14-27-23(29)20(30-24(27)25-19-12-10-16(2)11-13-19)15-21(28)26-22-17(3)8-7-9-18(22)4/h7-13,20H,5-6,14-15H2,1-4H3,(H,26,28)/t20-/m1/s1. The molecular weight excluding hydrogens is 394 g/mol. The molecule has 6 heteroatoms. The molecule has 0 aliphatic carbocycles. The van der Waals surface area contributed by atoms with E-state index in [0.29, 0.717) is 11.7 Å². The van der Waals surface area contributed by atoms with Crippen molar-refractivity contribution in [2.45, 2.75) is 52.2 Å². The van der Waals surface area contributed by atoms with Crippen LogP contribution in [-0.2, 0) is 9.59 Å². The first-order chi connectivity index (χ1) is 14.4. The van der Waals surface area contributed by atoms with Gasteiger partial charge in [-0.15, -0.1) is 0 Å². The zero-order valence-electron chi connectivity index (χ0n) is 18.1. The van der Waals surface area contributed by atoms with Crippen LogP contribution in [0.3, 0.4) is 0 Å². The molecule has 0 radical (unpaired) electrons. The number of unbranched alkanes of at least 4 members (excludes halogenated alkanes) is 1. The number of nitrogens with zero attached hydrogens (tertiary/aromatic N) is 2. The topological polar surface area (TPSA) is 61.8 Å². The molecule has 2 aromatic rings. The Kier molecular flexibility index (Phi) is 7.32. The van der Waals surface area contributed by atoms with Crippen molar-refractivity contribution >= 4 is 40.1 Å². The fourth-order valence-electron chi connectivity index (χ4n) is 3.35. The van der Waals surface area contributed by atoms with Gasteiger partial charge in [-0.1, -0.05) is 61.0 Å². The Morgan fingerprint density at radius 1 is 1.10 bits per heavy atom. The van der Waals surface area contributed by atoms with E-state index < -0.39 is 5.25 Å². The minimum Gasteiger partial charge on any atom is -0.326 e. The summed E-state index contributed by atoms with van der Waals surface area (Å²) in [5.74, 6) is -0.179. The van der Waals surface area contributed by atoms with Crippen molar-refractivity contribution in [3.8, 4) is 0 Å². The van der Waals surface area contributed by atoms with E-state index in [-0.39, 0.29) is 18.2 Å². The zero-order chi connectivity index (χ0) is 21.7. The van der Waals surface area contributed by atoms with Crippen LogP contribution in [0.4, 0.5) is 11.4 Å². The van der Waals surface area contributed by atoms with E-state index in [1.807, 2.05) is 63.2 Å². The number of benzene rings is 2. The molecule has 0 saturated carbocycles. The summed E-state index contributed by atoms with van der Waals surface area (Å²) in [7, 11) is 0. The lowest BCUT2D eigenvalue weighted by atomic mass is 10.1. The average molecular weight is 424 g/mol. The second kappa shape index (κ2) is 9.94. The van der Waals surface area contributed by atoms with Crippen LogP contribution in [-0.4, -0.2) is 33.7 Å². The average Bonchev–Trinajstić information content (AvgIpc) is 2.99. The molecule has 0 aromatic heterocycles. The van der Waals surface area contributed by atoms with Crippen molar-refractivity contribution in [3.63, 3.8) is 0 Å². The van der Waals surface area contributed by atoms with Crippen molar-refractivity contribution in [2.24, 2.45) is 4.99 Å². The van der Waals surface area contributed by atoms with E-state index in [4.69, 9.17) is 4.99 Å². The van der Waals surface area contributed by atoms with Gasteiger partial charge >= 0.3 is 0 Å². The molecule has 0 spiro atoms. The first-order valence-electron chi connectivity index (χ1n) is 10.4. The van der Waals surface area contributed by atoms with Gasteiger partial charge in [0.05, 0.1) is 5.69 Å². The second-order valence-electron chi connectivity index (χ2n) is 7.70. The van der Waals surface area contributed by atoms with E-state index in [2.05, 4.69) is 12.2 Å². The number of thioether (sulfide) groups is 1. The molecule has 1 aliphatic heterocycles. The van der Waals surface area contributed by atoms with Crippen LogP contribution < -0.4 is 5.32 Å². The molecule has 1 N–H and O–H groups in total. The summed E-state index contributed by atoms with van der Waals surface area (Å²) >= 11 is 1.39. The molecular formula is C24H29N3O2S. The van der Waals surface area contributed by atoms with Crippen molar-refractivity contribution in [2.75, 3.05) is 11.9 Å². The monoisotopic (exact) mass is 423 g/mol.